The number of amides is 1. The molecule has 1 atom stereocenters. The number of carbonyl (C=O) groups excluding carboxylic acids is 1. The molecule has 25 heavy (non-hydrogen) atoms. The molecule has 1 N–H and O–H groups in total. The first-order valence-corrected chi connectivity index (χ1v) is 8.42. The number of hydrogen-bond donors (Lipinski definition) is 1. The minimum atomic E-state index is -0.0415. The van der Waals surface area contributed by atoms with Crippen molar-refractivity contribution in [3.05, 3.63) is 60.2 Å². The minimum Gasteiger partial charge on any atom is -0.372 e. The van der Waals surface area contributed by atoms with Crippen molar-refractivity contribution in [3.63, 3.8) is 0 Å². The Morgan fingerprint density at radius 1 is 1.24 bits per heavy atom. The Morgan fingerprint density at radius 3 is 3.04 bits per heavy atom. The molecule has 0 bridgehead atoms. The molecule has 1 aliphatic heterocycles. The van der Waals surface area contributed by atoms with Crippen LogP contribution in [0.4, 0.5) is 5.82 Å². The molecule has 3 heterocycles. The number of nitrogens with one attached hydrogen (secondary N) is 1. The molecule has 3 aromatic rings. The molecule has 0 aliphatic carbocycles. The fourth-order valence-electron chi connectivity index (χ4n) is 3.42. The molecule has 1 aliphatic rings. The topological polar surface area (TPSA) is 71.0 Å². The maximum Gasteiger partial charge on any atom is 0.255 e. The number of nitrogens with zero attached hydrogens (tertiary/aromatic N) is 4. The van der Waals surface area contributed by atoms with Gasteiger partial charge in [0.05, 0.1) is 29.6 Å². The molecule has 0 saturated carbocycles. The summed E-state index contributed by atoms with van der Waals surface area (Å²) < 4.78 is 0. The van der Waals surface area contributed by atoms with Crippen molar-refractivity contribution in [2.75, 3.05) is 18.9 Å². The molecule has 6 nitrogen and oxygen atoms in total. The fourth-order valence-corrected chi connectivity index (χ4v) is 3.42. The van der Waals surface area contributed by atoms with Crippen LogP contribution in [0.15, 0.2) is 48.9 Å². The summed E-state index contributed by atoms with van der Waals surface area (Å²) in [5.74, 6) is 0.740. The smallest absolute Gasteiger partial charge is 0.255 e. The van der Waals surface area contributed by atoms with Crippen LogP contribution in [0.25, 0.3) is 10.9 Å². The summed E-state index contributed by atoms with van der Waals surface area (Å²) in [6, 6.07) is 9.45. The summed E-state index contributed by atoms with van der Waals surface area (Å²) >= 11 is 0. The van der Waals surface area contributed by atoms with E-state index in [1.165, 1.54) is 0 Å². The average Bonchev–Trinajstić information content (AvgIpc) is 3.17. The Labute approximate surface area is 145 Å². The first-order chi connectivity index (χ1) is 12.3. The number of carbonyl (C=O) groups is 1. The number of rotatable bonds is 3. The second kappa shape index (κ2) is 6.47. The number of pyridine rings is 1. The van der Waals surface area contributed by atoms with Crippen molar-refractivity contribution in [2.24, 2.45) is 0 Å². The van der Waals surface area contributed by atoms with Crippen molar-refractivity contribution in [3.8, 4) is 0 Å². The van der Waals surface area contributed by atoms with Gasteiger partial charge in [-0.25, -0.2) is 4.98 Å². The standard InChI is InChI=1S/C19H19N5O/c1-20-18-12-21-11-16(23-18)17-8-4-10-24(17)19(25)14-5-2-7-15-13(14)6-3-9-22-15/h2-3,5-7,9,11-12,17H,4,8,10H2,1H3,(H,20,23)/t17-/m1/s1. The molecule has 1 amide bonds. The van der Waals surface area contributed by atoms with Gasteiger partial charge < -0.3 is 10.2 Å². The normalized spacial score (nSPS) is 17.0. The van der Waals surface area contributed by atoms with Gasteiger partial charge in [0.2, 0.25) is 0 Å². The van der Waals surface area contributed by atoms with Crippen LogP contribution in [0.2, 0.25) is 0 Å². The largest absolute Gasteiger partial charge is 0.372 e. The fraction of sp³-hybridized carbons (Fsp3) is 0.263. The van der Waals surface area contributed by atoms with E-state index in [0.717, 1.165) is 36.0 Å². The Hall–Kier alpha value is -3.02. The Balaban J connectivity index is 1.71. The van der Waals surface area contributed by atoms with Crippen molar-refractivity contribution >= 4 is 22.6 Å². The lowest BCUT2D eigenvalue weighted by molar-refractivity contribution is 0.0735. The average molecular weight is 333 g/mol. The zero-order valence-corrected chi connectivity index (χ0v) is 14.0. The van der Waals surface area contributed by atoms with Crippen LogP contribution in [0.3, 0.4) is 0 Å². The summed E-state index contributed by atoms with van der Waals surface area (Å²) in [4.78, 5) is 28.3. The van der Waals surface area contributed by atoms with Crippen LogP contribution < -0.4 is 5.32 Å². The summed E-state index contributed by atoms with van der Waals surface area (Å²) in [7, 11) is 1.81. The molecule has 6 heteroatoms. The highest BCUT2D eigenvalue weighted by Crippen LogP contribution is 2.33. The molecule has 1 aromatic carbocycles. The van der Waals surface area contributed by atoms with Gasteiger partial charge >= 0.3 is 0 Å². The molecule has 1 saturated heterocycles. The summed E-state index contributed by atoms with van der Waals surface area (Å²) in [6.07, 6.45) is 7.04. The van der Waals surface area contributed by atoms with Gasteiger partial charge in [-0.3, -0.25) is 14.8 Å². The predicted molar refractivity (Wildman–Crippen MR) is 96.3 cm³/mol. The number of anilines is 1. The Bertz CT molecular complexity index is 921. The van der Waals surface area contributed by atoms with Crippen molar-refractivity contribution in [1.82, 2.24) is 19.9 Å². The molecule has 1 fully saturated rings. The molecular weight excluding hydrogens is 314 g/mol. The minimum absolute atomic E-state index is 0.0257. The van der Waals surface area contributed by atoms with Crippen LogP contribution in [-0.4, -0.2) is 39.4 Å². The van der Waals surface area contributed by atoms with E-state index in [1.807, 2.05) is 42.3 Å². The van der Waals surface area contributed by atoms with Crippen LogP contribution in [-0.2, 0) is 0 Å². The van der Waals surface area contributed by atoms with Gasteiger partial charge in [-0.2, -0.15) is 0 Å². The monoisotopic (exact) mass is 333 g/mol. The predicted octanol–water partition coefficient (Wildman–Crippen LogP) is 3.04. The first-order valence-electron chi connectivity index (χ1n) is 8.42. The van der Waals surface area contributed by atoms with Gasteiger partial charge in [-0.15, -0.1) is 0 Å². The van der Waals surface area contributed by atoms with E-state index in [2.05, 4.69) is 20.3 Å². The van der Waals surface area contributed by atoms with E-state index >= 15 is 0 Å². The third-order valence-electron chi connectivity index (χ3n) is 4.64. The SMILES string of the molecule is CNc1cncc([C@H]2CCCN2C(=O)c2cccc3ncccc23)n1. The summed E-state index contributed by atoms with van der Waals surface area (Å²) in [5, 5.41) is 3.89. The highest BCUT2D eigenvalue weighted by Gasteiger charge is 2.32. The third kappa shape index (κ3) is 2.80. The van der Waals surface area contributed by atoms with Crippen LogP contribution in [0.1, 0.15) is 34.9 Å². The summed E-state index contributed by atoms with van der Waals surface area (Å²) in [5.41, 5.74) is 2.35. The molecular formula is C19H19N5O. The third-order valence-corrected chi connectivity index (χ3v) is 4.64. The molecule has 2 aromatic heterocycles. The van der Waals surface area contributed by atoms with Crippen LogP contribution >= 0.6 is 0 Å². The lowest BCUT2D eigenvalue weighted by Gasteiger charge is -2.25. The van der Waals surface area contributed by atoms with E-state index in [9.17, 15) is 4.79 Å². The number of hydrogen-bond acceptors (Lipinski definition) is 5. The second-order valence-corrected chi connectivity index (χ2v) is 6.11. The second-order valence-electron chi connectivity index (χ2n) is 6.11. The van der Waals surface area contributed by atoms with E-state index in [4.69, 9.17) is 0 Å². The van der Waals surface area contributed by atoms with Gasteiger partial charge in [0.15, 0.2) is 0 Å². The Morgan fingerprint density at radius 2 is 2.16 bits per heavy atom. The van der Waals surface area contributed by atoms with E-state index in [0.29, 0.717) is 11.4 Å². The molecule has 4 rings (SSSR count). The number of aromatic nitrogens is 3. The lowest BCUT2D eigenvalue weighted by Crippen LogP contribution is -2.31. The van der Waals surface area contributed by atoms with E-state index in [1.54, 1.807) is 18.6 Å². The maximum absolute atomic E-state index is 13.2. The van der Waals surface area contributed by atoms with Crippen LogP contribution in [0, 0.1) is 0 Å². The zero-order chi connectivity index (χ0) is 17.2. The van der Waals surface area contributed by atoms with Crippen molar-refractivity contribution in [1.29, 1.82) is 0 Å². The van der Waals surface area contributed by atoms with E-state index < -0.39 is 0 Å². The number of benzene rings is 1. The molecule has 0 unspecified atom stereocenters. The summed E-state index contributed by atoms with van der Waals surface area (Å²) in [6.45, 7) is 0.728. The number of likely N-dealkylation sites (tertiary alicyclic amines) is 1. The maximum atomic E-state index is 13.2. The first kappa shape index (κ1) is 15.5. The molecule has 0 spiro atoms. The number of fused-ring (bicyclic) bond motifs is 1. The van der Waals surface area contributed by atoms with Gasteiger partial charge in [-0.1, -0.05) is 12.1 Å². The van der Waals surface area contributed by atoms with Crippen molar-refractivity contribution in [2.45, 2.75) is 18.9 Å². The van der Waals surface area contributed by atoms with E-state index in [-0.39, 0.29) is 11.9 Å². The molecule has 126 valence electrons. The molecule has 0 radical (unpaired) electrons. The quantitative estimate of drug-likeness (QED) is 0.798. The Kier molecular flexibility index (Phi) is 4.01. The highest BCUT2D eigenvalue weighted by molar-refractivity contribution is 6.06. The van der Waals surface area contributed by atoms with Gasteiger partial charge in [0.1, 0.15) is 5.82 Å². The van der Waals surface area contributed by atoms with Crippen molar-refractivity contribution < 1.29 is 4.79 Å². The highest BCUT2D eigenvalue weighted by atomic mass is 16.2. The lowest BCUT2D eigenvalue weighted by atomic mass is 10.1. The van der Waals surface area contributed by atoms with Gasteiger partial charge in [0, 0.05) is 30.7 Å². The zero-order valence-electron chi connectivity index (χ0n) is 14.0. The van der Waals surface area contributed by atoms with Crippen LogP contribution in [0.5, 0.6) is 0 Å². The van der Waals surface area contributed by atoms with Gasteiger partial charge in [0.25, 0.3) is 5.91 Å². The van der Waals surface area contributed by atoms with Gasteiger partial charge in [-0.05, 0) is 31.0 Å².